The Labute approximate surface area is 113 Å². The van der Waals surface area contributed by atoms with Gasteiger partial charge in [-0.05, 0) is 5.56 Å². The summed E-state index contributed by atoms with van der Waals surface area (Å²) in [6.07, 6.45) is -0.0724. The van der Waals surface area contributed by atoms with Crippen molar-refractivity contribution in [1.82, 2.24) is 10.6 Å². The van der Waals surface area contributed by atoms with E-state index in [0.717, 1.165) is 5.56 Å². The summed E-state index contributed by atoms with van der Waals surface area (Å²) in [7, 11) is 0. The third kappa shape index (κ3) is 4.98. The minimum atomic E-state index is -0.556. The Hall–Kier alpha value is -1.43. The number of nitrogens with one attached hydrogen (secondary N) is 2. The molecule has 1 aromatic carbocycles. The molecular weight excluding hydrogens is 244 g/mol. The molecule has 2 atom stereocenters. The molecule has 0 aromatic heterocycles. The number of aliphatic hydroxyl groups is 1. The van der Waals surface area contributed by atoms with E-state index in [1.54, 1.807) is 0 Å². The lowest BCUT2D eigenvalue weighted by Gasteiger charge is -2.15. The van der Waals surface area contributed by atoms with Gasteiger partial charge in [0, 0.05) is 25.6 Å². The molecule has 1 fully saturated rings. The second-order valence-corrected chi connectivity index (χ2v) is 4.77. The van der Waals surface area contributed by atoms with E-state index >= 15 is 0 Å². The molecule has 1 aliphatic rings. The molecule has 0 spiro atoms. The van der Waals surface area contributed by atoms with E-state index in [1.165, 1.54) is 0 Å². The summed E-state index contributed by atoms with van der Waals surface area (Å²) in [4.78, 5) is 11.0. The molecule has 1 heterocycles. The molecule has 1 aromatic rings. The Kier molecular flexibility index (Phi) is 5.32. The quantitative estimate of drug-likeness (QED) is 0.650. The molecule has 1 saturated heterocycles. The van der Waals surface area contributed by atoms with Crippen LogP contribution < -0.4 is 10.6 Å². The van der Waals surface area contributed by atoms with Crippen molar-refractivity contribution in [1.29, 1.82) is 0 Å². The van der Waals surface area contributed by atoms with Crippen LogP contribution in [0, 0.1) is 0 Å². The van der Waals surface area contributed by atoms with Gasteiger partial charge in [-0.3, -0.25) is 4.79 Å². The number of hydrogen-bond donors (Lipinski definition) is 3. The molecule has 2 rings (SSSR count). The van der Waals surface area contributed by atoms with E-state index in [2.05, 4.69) is 10.6 Å². The number of amides is 1. The minimum Gasteiger partial charge on any atom is -0.389 e. The highest BCUT2D eigenvalue weighted by Gasteiger charge is 2.21. The van der Waals surface area contributed by atoms with Crippen molar-refractivity contribution in [2.24, 2.45) is 0 Å². The van der Waals surface area contributed by atoms with Crippen molar-refractivity contribution in [2.45, 2.75) is 25.2 Å². The fourth-order valence-corrected chi connectivity index (χ4v) is 2.00. The molecule has 0 aliphatic carbocycles. The van der Waals surface area contributed by atoms with Crippen LogP contribution in [0.1, 0.15) is 12.0 Å². The van der Waals surface area contributed by atoms with E-state index in [1.807, 2.05) is 30.3 Å². The molecular formula is C14H20N2O3. The van der Waals surface area contributed by atoms with Crippen molar-refractivity contribution in [3.63, 3.8) is 0 Å². The van der Waals surface area contributed by atoms with Gasteiger partial charge >= 0.3 is 0 Å². The minimum absolute atomic E-state index is 0.0623. The molecule has 1 amide bonds. The van der Waals surface area contributed by atoms with E-state index in [0.29, 0.717) is 26.1 Å². The lowest BCUT2D eigenvalue weighted by atomic mass is 10.2. The third-order valence-electron chi connectivity index (χ3n) is 3.04. The zero-order chi connectivity index (χ0) is 13.5. The van der Waals surface area contributed by atoms with Gasteiger partial charge in [-0.15, -0.1) is 0 Å². The summed E-state index contributed by atoms with van der Waals surface area (Å²) < 4.78 is 5.45. The fraction of sp³-hybridized carbons (Fsp3) is 0.500. The number of rotatable bonds is 7. The standard InChI is InChI=1S/C14H20N2O3/c17-13(8-15-12-6-14(18)16-7-12)10-19-9-11-4-2-1-3-5-11/h1-5,12-13,15,17H,6-10H2,(H,16,18). The van der Waals surface area contributed by atoms with Crippen LogP contribution in [0.3, 0.4) is 0 Å². The van der Waals surface area contributed by atoms with Crippen LogP contribution in [0.4, 0.5) is 0 Å². The van der Waals surface area contributed by atoms with Crippen molar-refractivity contribution in [3.8, 4) is 0 Å². The van der Waals surface area contributed by atoms with Crippen molar-refractivity contribution in [3.05, 3.63) is 35.9 Å². The van der Waals surface area contributed by atoms with Gasteiger partial charge in [0.25, 0.3) is 0 Å². The number of benzene rings is 1. The highest BCUT2D eigenvalue weighted by atomic mass is 16.5. The smallest absolute Gasteiger partial charge is 0.221 e. The summed E-state index contributed by atoms with van der Waals surface area (Å²) in [5.74, 6) is 0.0623. The normalized spacial score (nSPS) is 20.3. The first-order chi connectivity index (χ1) is 9.24. The maximum Gasteiger partial charge on any atom is 0.221 e. The Morgan fingerprint density at radius 2 is 2.21 bits per heavy atom. The molecule has 0 bridgehead atoms. The highest BCUT2D eigenvalue weighted by molar-refractivity contribution is 5.78. The number of ether oxygens (including phenoxy) is 1. The molecule has 5 heteroatoms. The summed E-state index contributed by atoms with van der Waals surface area (Å²) in [5.41, 5.74) is 1.09. The van der Waals surface area contributed by atoms with Gasteiger partial charge in [0.2, 0.25) is 5.91 Å². The summed E-state index contributed by atoms with van der Waals surface area (Å²) >= 11 is 0. The topological polar surface area (TPSA) is 70.6 Å². The van der Waals surface area contributed by atoms with Crippen LogP contribution in [0.25, 0.3) is 0 Å². The average molecular weight is 264 g/mol. The summed E-state index contributed by atoms with van der Waals surface area (Å²) in [6.45, 7) is 1.86. The second-order valence-electron chi connectivity index (χ2n) is 4.77. The lowest BCUT2D eigenvalue weighted by molar-refractivity contribution is -0.119. The average Bonchev–Trinajstić information content (AvgIpc) is 2.83. The maximum atomic E-state index is 11.0. The zero-order valence-electron chi connectivity index (χ0n) is 10.8. The van der Waals surface area contributed by atoms with Gasteiger partial charge in [0.1, 0.15) is 0 Å². The van der Waals surface area contributed by atoms with Gasteiger partial charge in [-0.1, -0.05) is 30.3 Å². The summed E-state index contributed by atoms with van der Waals surface area (Å²) in [6, 6.07) is 9.97. The van der Waals surface area contributed by atoms with Gasteiger partial charge in [-0.25, -0.2) is 0 Å². The number of hydrogen-bond acceptors (Lipinski definition) is 4. The molecule has 1 aliphatic heterocycles. The van der Waals surface area contributed by atoms with Gasteiger partial charge in [0.15, 0.2) is 0 Å². The maximum absolute atomic E-state index is 11.0. The largest absolute Gasteiger partial charge is 0.389 e. The first kappa shape index (κ1) is 14.0. The Bertz CT molecular complexity index is 397. The molecule has 104 valence electrons. The first-order valence-electron chi connectivity index (χ1n) is 6.54. The van der Waals surface area contributed by atoms with Gasteiger partial charge in [0.05, 0.1) is 19.3 Å². The first-order valence-corrected chi connectivity index (χ1v) is 6.54. The molecule has 0 saturated carbocycles. The Balaban J connectivity index is 1.57. The monoisotopic (exact) mass is 264 g/mol. The number of aliphatic hydroxyl groups excluding tert-OH is 1. The van der Waals surface area contributed by atoms with Crippen molar-refractivity contribution >= 4 is 5.91 Å². The van der Waals surface area contributed by atoms with Crippen molar-refractivity contribution < 1.29 is 14.6 Å². The molecule has 3 N–H and O–H groups in total. The SMILES string of the molecule is O=C1CC(NCC(O)COCc2ccccc2)CN1. The van der Waals surface area contributed by atoms with Crippen LogP contribution in [-0.4, -0.2) is 42.9 Å². The van der Waals surface area contributed by atoms with Crippen LogP contribution in [0.5, 0.6) is 0 Å². The van der Waals surface area contributed by atoms with Crippen LogP contribution in [-0.2, 0) is 16.1 Å². The third-order valence-corrected chi connectivity index (χ3v) is 3.04. The highest BCUT2D eigenvalue weighted by Crippen LogP contribution is 2.02. The summed E-state index contributed by atoms with van der Waals surface area (Å²) in [5, 5.41) is 15.7. The second kappa shape index (κ2) is 7.23. The van der Waals surface area contributed by atoms with E-state index in [-0.39, 0.29) is 18.6 Å². The molecule has 2 unspecified atom stereocenters. The zero-order valence-corrected chi connectivity index (χ0v) is 10.8. The fourth-order valence-electron chi connectivity index (χ4n) is 2.00. The Morgan fingerprint density at radius 1 is 1.42 bits per heavy atom. The molecule has 0 radical (unpaired) electrons. The Morgan fingerprint density at radius 3 is 2.89 bits per heavy atom. The molecule has 5 nitrogen and oxygen atoms in total. The number of carbonyl (C=O) groups is 1. The predicted octanol–water partition coefficient (Wildman–Crippen LogP) is 0.0422. The van der Waals surface area contributed by atoms with E-state index < -0.39 is 6.10 Å². The van der Waals surface area contributed by atoms with Crippen LogP contribution in [0.2, 0.25) is 0 Å². The molecule has 19 heavy (non-hydrogen) atoms. The number of carbonyl (C=O) groups excluding carboxylic acids is 1. The van der Waals surface area contributed by atoms with Gasteiger partial charge < -0.3 is 20.5 Å². The predicted molar refractivity (Wildman–Crippen MR) is 71.5 cm³/mol. The van der Waals surface area contributed by atoms with Crippen LogP contribution in [0.15, 0.2) is 30.3 Å². The van der Waals surface area contributed by atoms with Gasteiger partial charge in [-0.2, -0.15) is 0 Å². The van der Waals surface area contributed by atoms with Crippen LogP contribution >= 0.6 is 0 Å². The van der Waals surface area contributed by atoms with E-state index in [4.69, 9.17) is 4.74 Å². The van der Waals surface area contributed by atoms with E-state index in [9.17, 15) is 9.90 Å². The lowest BCUT2D eigenvalue weighted by Crippen LogP contribution is -2.38. The van der Waals surface area contributed by atoms with Crippen molar-refractivity contribution in [2.75, 3.05) is 19.7 Å².